The zero-order valence-corrected chi connectivity index (χ0v) is 11.9. The molecule has 0 spiro atoms. The van der Waals surface area contributed by atoms with Gasteiger partial charge in [-0.25, -0.2) is 5.84 Å². The van der Waals surface area contributed by atoms with E-state index in [0.717, 1.165) is 0 Å². The quantitative estimate of drug-likeness (QED) is 0.373. The van der Waals surface area contributed by atoms with Crippen molar-refractivity contribution in [3.05, 3.63) is 23.7 Å². The Kier molecular flexibility index (Phi) is 5.32. The van der Waals surface area contributed by atoms with Gasteiger partial charge in [-0.15, -0.1) is 0 Å². The molecule has 1 aliphatic heterocycles. The Labute approximate surface area is 122 Å². The van der Waals surface area contributed by atoms with Crippen molar-refractivity contribution in [2.45, 2.75) is 19.5 Å². The molecule has 0 aliphatic carbocycles. The molecule has 1 fully saturated rings. The Morgan fingerprint density at radius 3 is 3.05 bits per heavy atom. The minimum Gasteiger partial charge on any atom is -0.459 e. The van der Waals surface area contributed by atoms with Gasteiger partial charge >= 0.3 is 5.91 Å². The van der Waals surface area contributed by atoms with E-state index in [1.54, 1.807) is 6.07 Å². The third-order valence-corrected chi connectivity index (χ3v) is 3.35. The van der Waals surface area contributed by atoms with Crippen molar-refractivity contribution in [2.24, 2.45) is 5.84 Å². The summed E-state index contributed by atoms with van der Waals surface area (Å²) < 4.78 is 10.5. The van der Waals surface area contributed by atoms with Crippen LogP contribution in [0.25, 0.3) is 0 Å². The second kappa shape index (κ2) is 7.21. The fourth-order valence-corrected chi connectivity index (χ4v) is 2.30. The van der Waals surface area contributed by atoms with Crippen molar-refractivity contribution in [3.63, 3.8) is 0 Å². The molecule has 2 amide bonds. The van der Waals surface area contributed by atoms with Gasteiger partial charge in [-0.3, -0.25) is 19.9 Å². The molecule has 21 heavy (non-hydrogen) atoms. The number of amides is 2. The zero-order valence-electron chi connectivity index (χ0n) is 11.9. The standard InChI is InChI=1S/C13H20N4O4/c1-2-15-12(18)10-8-20-6-4-17(10)7-9-3-5-21-11(9)13(19)16-14/h3,5,10H,2,4,6-8,14H2,1H3,(H,15,18)(H,16,19). The summed E-state index contributed by atoms with van der Waals surface area (Å²) in [4.78, 5) is 25.6. The number of nitrogen functional groups attached to an aromatic ring is 1. The summed E-state index contributed by atoms with van der Waals surface area (Å²) in [6.07, 6.45) is 1.43. The highest BCUT2D eigenvalue weighted by Gasteiger charge is 2.30. The van der Waals surface area contributed by atoms with Gasteiger partial charge in [-0.2, -0.15) is 0 Å². The molecule has 2 rings (SSSR count). The SMILES string of the molecule is CCNC(=O)C1COCCN1Cc1ccoc1C(=O)NN. The molecule has 1 atom stereocenters. The number of carbonyl (C=O) groups excluding carboxylic acids is 2. The lowest BCUT2D eigenvalue weighted by Gasteiger charge is -2.34. The first-order valence-corrected chi connectivity index (χ1v) is 6.84. The van der Waals surface area contributed by atoms with Crippen molar-refractivity contribution in [3.8, 4) is 0 Å². The Hall–Kier alpha value is -1.90. The van der Waals surface area contributed by atoms with E-state index in [4.69, 9.17) is 15.0 Å². The number of hydrogen-bond donors (Lipinski definition) is 3. The fourth-order valence-electron chi connectivity index (χ4n) is 2.30. The van der Waals surface area contributed by atoms with Gasteiger partial charge in [0.05, 0.1) is 19.5 Å². The number of ether oxygens (including phenoxy) is 1. The van der Waals surface area contributed by atoms with Crippen LogP contribution < -0.4 is 16.6 Å². The molecule has 1 aromatic rings. The summed E-state index contributed by atoms with van der Waals surface area (Å²) in [5.41, 5.74) is 2.73. The Morgan fingerprint density at radius 1 is 1.52 bits per heavy atom. The molecule has 8 heteroatoms. The van der Waals surface area contributed by atoms with Crippen LogP contribution in [0.2, 0.25) is 0 Å². The molecule has 8 nitrogen and oxygen atoms in total. The molecule has 1 saturated heterocycles. The second-order valence-electron chi connectivity index (χ2n) is 4.70. The summed E-state index contributed by atoms with van der Waals surface area (Å²) in [7, 11) is 0. The first-order valence-electron chi connectivity index (χ1n) is 6.84. The van der Waals surface area contributed by atoms with Gasteiger partial charge < -0.3 is 14.5 Å². The Bertz CT molecular complexity index is 502. The highest BCUT2D eigenvalue weighted by atomic mass is 16.5. The molecule has 1 aliphatic rings. The van der Waals surface area contributed by atoms with E-state index in [0.29, 0.717) is 38.4 Å². The van der Waals surface area contributed by atoms with Crippen molar-refractivity contribution < 1.29 is 18.7 Å². The van der Waals surface area contributed by atoms with Crippen LogP contribution in [-0.4, -0.2) is 49.1 Å². The molecule has 116 valence electrons. The molecular weight excluding hydrogens is 276 g/mol. The van der Waals surface area contributed by atoms with Crippen LogP contribution in [0.1, 0.15) is 23.0 Å². The van der Waals surface area contributed by atoms with E-state index < -0.39 is 5.91 Å². The van der Waals surface area contributed by atoms with Gasteiger partial charge in [0.2, 0.25) is 5.91 Å². The molecule has 2 heterocycles. The number of nitrogens with two attached hydrogens (primary N) is 1. The number of rotatable bonds is 5. The van der Waals surface area contributed by atoms with Gasteiger partial charge in [0.1, 0.15) is 6.04 Å². The number of furan rings is 1. The van der Waals surface area contributed by atoms with Gasteiger partial charge in [-0.05, 0) is 13.0 Å². The predicted molar refractivity (Wildman–Crippen MR) is 74.1 cm³/mol. The molecule has 0 saturated carbocycles. The van der Waals surface area contributed by atoms with Crippen molar-refractivity contribution in [1.82, 2.24) is 15.6 Å². The molecule has 0 bridgehead atoms. The average Bonchev–Trinajstić information content (AvgIpc) is 2.95. The van der Waals surface area contributed by atoms with Crippen LogP contribution in [0.3, 0.4) is 0 Å². The number of nitrogens with zero attached hydrogens (tertiary/aromatic N) is 1. The Morgan fingerprint density at radius 2 is 2.33 bits per heavy atom. The number of morpholine rings is 1. The van der Waals surface area contributed by atoms with Gasteiger partial charge in [0.15, 0.2) is 5.76 Å². The summed E-state index contributed by atoms with van der Waals surface area (Å²) >= 11 is 0. The topological polar surface area (TPSA) is 110 Å². The van der Waals surface area contributed by atoms with Gasteiger partial charge in [-0.1, -0.05) is 0 Å². The minimum absolute atomic E-state index is 0.0782. The largest absolute Gasteiger partial charge is 0.459 e. The summed E-state index contributed by atoms with van der Waals surface area (Å²) in [6, 6.07) is 1.33. The number of nitrogens with one attached hydrogen (secondary N) is 2. The third-order valence-electron chi connectivity index (χ3n) is 3.35. The predicted octanol–water partition coefficient (Wildman–Crippen LogP) is -0.780. The van der Waals surface area contributed by atoms with Crippen LogP contribution in [-0.2, 0) is 16.1 Å². The minimum atomic E-state index is -0.488. The summed E-state index contributed by atoms with van der Waals surface area (Å²) in [6.45, 7) is 4.34. The van der Waals surface area contributed by atoms with Crippen molar-refractivity contribution in [1.29, 1.82) is 0 Å². The normalized spacial score (nSPS) is 19.2. The molecule has 0 aromatic carbocycles. The summed E-state index contributed by atoms with van der Waals surface area (Å²) in [5.74, 6) is 4.72. The molecule has 1 unspecified atom stereocenters. The van der Waals surface area contributed by atoms with Crippen LogP contribution in [0.5, 0.6) is 0 Å². The maximum atomic E-state index is 12.1. The number of likely N-dealkylation sites (N-methyl/N-ethyl adjacent to an activating group) is 1. The first kappa shape index (κ1) is 15.5. The van der Waals surface area contributed by atoms with E-state index in [2.05, 4.69) is 5.32 Å². The van der Waals surface area contributed by atoms with E-state index in [9.17, 15) is 9.59 Å². The lowest BCUT2D eigenvalue weighted by molar-refractivity contribution is -0.132. The lowest BCUT2D eigenvalue weighted by Crippen LogP contribution is -2.53. The maximum absolute atomic E-state index is 12.1. The molecule has 0 radical (unpaired) electrons. The number of carbonyl (C=O) groups is 2. The van der Waals surface area contributed by atoms with Crippen LogP contribution in [0.4, 0.5) is 0 Å². The summed E-state index contributed by atoms with van der Waals surface area (Å²) in [5, 5.41) is 2.79. The van der Waals surface area contributed by atoms with Gasteiger partial charge in [0, 0.05) is 25.2 Å². The zero-order chi connectivity index (χ0) is 15.2. The van der Waals surface area contributed by atoms with E-state index >= 15 is 0 Å². The van der Waals surface area contributed by atoms with Crippen LogP contribution in [0, 0.1) is 0 Å². The van der Waals surface area contributed by atoms with Gasteiger partial charge in [0.25, 0.3) is 0 Å². The third kappa shape index (κ3) is 3.60. The smallest absolute Gasteiger partial charge is 0.301 e. The van der Waals surface area contributed by atoms with E-state index in [1.165, 1.54) is 6.26 Å². The average molecular weight is 296 g/mol. The molecular formula is C13H20N4O4. The number of hydrazine groups is 1. The van der Waals surface area contributed by atoms with Crippen molar-refractivity contribution in [2.75, 3.05) is 26.3 Å². The Balaban J connectivity index is 2.11. The second-order valence-corrected chi connectivity index (χ2v) is 4.70. The van der Waals surface area contributed by atoms with E-state index in [1.807, 2.05) is 17.2 Å². The monoisotopic (exact) mass is 296 g/mol. The molecule has 1 aromatic heterocycles. The lowest BCUT2D eigenvalue weighted by atomic mass is 10.1. The van der Waals surface area contributed by atoms with Crippen LogP contribution in [0.15, 0.2) is 16.7 Å². The van der Waals surface area contributed by atoms with Crippen molar-refractivity contribution >= 4 is 11.8 Å². The fraction of sp³-hybridized carbons (Fsp3) is 0.538. The van der Waals surface area contributed by atoms with E-state index in [-0.39, 0.29) is 17.7 Å². The van der Waals surface area contributed by atoms with Crippen LogP contribution >= 0.6 is 0 Å². The first-order chi connectivity index (χ1) is 10.2. The number of hydrogen-bond acceptors (Lipinski definition) is 6. The highest BCUT2D eigenvalue weighted by Crippen LogP contribution is 2.17. The highest BCUT2D eigenvalue weighted by molar-refractivity contribution is 5.92. The molecule has 4 N–H and O–H groups in total. The maximum Gasteiger partial charge on any atom is 0.301 e.